The van der Waals surface area contributed by atoms with Crippen molar-refractivity contribution in [1.82, 2.24) is 10.2 Å². The molecule has 1 amide bonds. The van der Waals surface area contributed by atoms with E-state index in [2.05, 4.69) is 44.1 Å². The van der Waals surface area contributed by atoms with E-state index in [1.165, 1.54) is 0 Å². The van der Waals surface area contributed by atoms with Gasteiger partial charge in [0.1, 0.15) is 11.4 Å². The van der Waals surface area contributed by atoms with Gasteiger partial charge in [-0.1, -0.05) is 0 Å². The van der Waals surface area contributed by atoms with Crippen molar-refractivity contribution in [2.45, 2.75) is 58.2 Å². The number of hydrogen-bond acceptors (Lipinski definition) is 4. The molecule has 0 bridgehead atoms. The van der Waals surface area contributed by atoms with Gasteiger partial charge in [0.15, 0.2) is 4.67 Å². The molecule has 23 heavy (non-hydrogen) atoms. The van der Waals surface area contributed by atoms with Crippen LogP contribution >= 0.6 is 31.9 Å². The maximum absolute atomic E-state index is 12.1. The van der Waals surface area contributed by atoms with Crippen LogP contribution in [0.4, 0.5) is 4.79 Å². The molecule has 2 rings (SSSR count). The Bertz CT molecular complexity index is 539. The Morgan fingerprint density at radius 2 is 2.00 bits per heavy atom. The molecule has 130 valence electrons. The van der Waals surface area contributed by atoms with Gasteiger partial charge in [0, 0.05) is 18.6 Å². The zero-order chi connectivity index (χ0) is 17.3. The third-order valence-electron chi connectivity index (χ3n) is 3.90. The molecule has 0 atom stereocenters. The van der Waals surface area contributed by atoms with Gasteiger partial charge < -0.3 is 19.4 Å². The molecular weight excluding hydrogens is 428 g/mol. The second kappa shape index (κ2) is 7.15. The minimum Gasteiger partial charge on any atom is -0.452 e. The number of carbonyl (C=O) groups excluding carboxylic acids is 1. The van der Waals surface area contributed by atoms with Crippen molar-refractivity contribution in [3.63, 3.8) is 0 Å². The maximum atomic E-state index is 12.1. The van der Waals surface area contributed by atoms with Crippen LogP contribution in [0.25, 0.3) is 0 Å². The van der Waals surface area contributed by atoms with Crippen LogP contribution < -0.4 is 5.32 Å². The molecule has 1 N–H and O–H groups in total. The lowest BCUT2D eigenvalue weighted by atomic mass is 9.89. The van der Waals surface area contributed by atoms with Crippen molar-refractivity contribution >= 4 is 38.0 Å². The van der Waals surface area contributed by atoms with E-state index in [1.807, 2.05) is 26.8 Å². The number of amides is 1. The van der Waals surface area contributed by atoms with Crippen LogP contribution in [0, 0.1) is 0 Å². The van der Waals surface area contributed by atoms with E-state index >= 15 is 0 Å². The SMILES string of the molecule is CC1(NCc2cc(Br)c(Br)o2)CCN(C(=O)OC(C)(C)C)CC1. The lowest BCUT2D eigenvalue weighted by Crippen LogP contribution is -2.53. The summed E-state index contributed by atoms with van der Waals surface area (Å²) in [6.45, 7) is 9.91. The maximum Gasteiger partial charge on any atom is 0.410 e. The minimum atomic E-state index is -0.448. The topological polar surface area (TPSA) is 54.7 Å². The summed E-state index contributed by atoms with van der Waals surface area (Å²) in [5.41, 5.74) is -0.458. The van der Waals surface area contributed by atoms with Crippen molar-refractivity contribution in [3.05, 3.63) is 21.0 Å². The molecule has 1 aliphatic rings. The molecule has 1 saturated heterocycles. The predicted octanol–water partition coefficient (Wildman–Crippen LogP) is 4.68. The third-order valence-corrected chi connectivity index (χ3v) is 5.61. The molecule has 7 heteroatoms. The molecule has 1 aliphatic heterocycles. The second-order valence-corrected chi connectivity index (χ2v) is 8.79. The number of furan rings is 1. The Kier molecular flexibility index (Phi) is 5.85. The van der Waals surface area contributed by atoms with Crippen LogP contribution in [0.3, 0.4) is 0 Å². The van der Waals surface area contributed by atoms with Crippen molar-refractivity contribution < 1.29 is 13.9 Å². The van der Waals surface area contributed by atoms with E-state index < -0.39 is 5.60 Å². The third kappa shape index (κ3) is 5.50. The highest BCUT2D eigenvalue weighted by atomic mass is 79.9. The molecular formula is C16H24Br2N2O3. The van der Waals surface area contributed by atoms with Gasteiger partial charge in [-0.2, -0.15) is 0 Å². The summed E-state index contributed by atoms with van der Waals surface area (Å²) in [5.74, 6) is 0.875. The van der Waals surface area contributed by atoms with Crippen LogP contribution in [0.1, 0.15) is 46.3 Å². The standard InChI is InChI=1S/C16H24Br2N2O3/c1-15(2,3)23-14(21)20-7-5-16(4,6-8-20)19-10-11-9-12(17)13(18)22-11/h9,19H,5-8,10H2,1-4H3. The summed E-state index contributed by atoms with van der Waals surface area (Å²) in [6, 6.07) is 1.95. The molecule has 0 radical (unpaired) electrons. The van der Waals surface area contributed by atoms with Gasteiger partial charge in [-0.3, -0.25) is 0 Å². The Hall–Kier alpha value is -0.530. The monoisotopic (exact) mass is 450 g/mol. The van der Waals surface area contributed by atoms with Gasteiger partial charge in [0.05, 0.1) is 11.0 Å². The van der Waals surface area contributed by atoms with Crippen molar-refractivity contribution in [1.29, 1.82) is 0 Å². The van der Waals surface area contributed by atoms with E-state index in [9.17, 15) is 4.79 Å². The Morgan fingerprint density at radius 3 is 2.48 bits per heavy atom. The molecule has 0 saturated carbocycles. The summed E-state index contributed by atoms with van der Waals surface area (Å²) in [7, 11) is 0. The summed E-state index contributed by atoms with van der Waals surface area (Å²) >= 11 is 6.76. The molecule has 0 unspecified atom stereocenters. The van der Waals surface area contributed by atoms with Gasteiger partial charge in [-0.25, -0.2) is 4.79 Å². The van der Waals surface area contributed by atoms with E-state index in [0.29, 0.717) is 24.3 Å². The lowest BCUT2D eigenvalue weighted by molar-refractivity contribution is 0.0155. The van der Waals surface area contributed by atoms with Gasteiger partial charge >= 0.3 is 6.09 Å². The Morgan fingerprint density at radius 1 is 1.39 bits per heavy atom. The van der Waals surface area contributed by atoms with Crippen LogP contribution in [0.5, 0.6) is 0 Å². The minimum absolute atomic E-state index is 0.00967. The van der Waals surface area contributed by atoms with Crippen LogP contribution in [-0.2, 0) is 11.3 Å². The molecule has 0 spiro atoms. The largest absolute Gasteiger partial charge is 0.452 e. The number of carbonyl (C=O) groups is 1. The number of rotatable bonds is 3. The highest BCUT2D eigenvalue weighted by Gasteiger charge is 2.33. The first-order valence-corrected chi connectivity index (χ1v) is 9.33. The van der Waals surface area contributed by atoms with Crippen LogP contribution in [-0.4, -0.2) is 35.2 Å². The number of likely N-dealkylation sites (tertiary alicyclic amines) is 1. The van der Waals surface area contributed by atoms with E-state index in [0.717, 1.165) is 23.1 Å². The van der Waals surface area contributed by atoms with Crippen molar-refractivity contribution in [2.24, 2.45) is 0 Å². The van der Waals surface area contributed by atoms with E-state index in [-0.39, 0.29) is 11.6 Å². The molecule has 1 aromatic heterocycles. The van der Waals surface area contributed by atoms with E-state index in [4.69, 9.17) is 9.15 Å². The quantitative estimate of drug-likeness (QED) is 0.724. The number of ether oxygens (including phenoxy) is 1. The number of nitrogens with zero attached hydrogens (tertiary/aromatic N) is 1. The average molecular weight is 452 g/mol. The van der Waals surface area contributed by atoms with Crippen LogP contribution in [0.2, 0.25) is 0 Å². The molecule has 2 heterocycles. The summed E-state index contributed by atoms with van der Waals surface area (Å²) < 4.78 is 12.6. The van der Waals surface area contributed by atoms with Gasteiger partial charge in [0.25, 0.3) is 0 Å². The molecule has 1 fully saturated rings. The molecule has 1 aromatic rings. The first-order chi connectivity index (χ1) is 10.6. The summed E-state index contributed by atoms with van der Waals surface area (Å²) in [6.07, 6.45) is 1.54. The predicted molar refractivity (Wildman–Crippen MR) is 96.4 cm³/mol. The number of nitrogens with one attached hydrogen (secondary N) is 1. The number of halogens is 2. The fourth-order valence-electron chi connectivity index (χ4n) is 2.47. The zero-order valence-corrected chi connectivity index (χ0v) is 17.2. The first kappa shape index (κ1) is 18.8. The van der Waals surface area contributed by atoms with Gasteiger partial charge in [-0.05, 0) is 78.5 Å². The number of hydrogen-bond donors (Lipinski definition) is 1. The molecule has 0 aromatic carbocycles. The van der Waals surface area contributed by atoms with Crippen molar-refractivity contribution in [3.8, 4) is 0 Å². The summed E-state index contributed by atoms with van der Waals surface area (Å²) in [4.78, 5) is 13.9. The Labute approximate surface area is 154 Å². The second-order valence-electron chi connectivity index (χ2n) is 7.22. The zero-order valence-electron chi connectivity index (χ0n) is 14.0. The van der Waals surface area contributed by atoms with Gasteiger partial charge in [0.2, 0.25) is 0 Å². The van der Waals surface area contributed by atoms with E-state index in [1.54, 1.807) is 4.90 Å². The lowest BCUT2D eigenvalue weighted by Gasteiger charge is -2.40. The first-order valence-electron chi connectivity index (χ1n) is 7.75. The smallest absolute Gasteiger partial charge is 0.410 e. The number of piperidine rings is 1. The summed E-state index contributed by atoms with van der Waals surface area (Å²) in [5, 5.41) is 3.55. The fourth-order valence-corrected chi connectivity index (χ4v) is 3.12. The van der Waals surface area contributed by atoms with Crippen molar-refractivity contribution in [2.75, 3.05) is 13.1 Å². The average Bonchev–Trinajstić information content (AvgIpc) is 2.75. The molecule has 0 aliphatic carbocycles. The highest BCUT2D eigenvalue weighted by Crippen LogP contribution is 2.28. The van der Waals surface area contributed by atoms with Gasteiger partial charge in [-0.15, -0.1) is 0 Å². The van der Waals surface area contributed by atoms with Crippen LogP contribution in [0.15, 0.2) is 19.6 Å². The molecule has 5 nitrogen and oxygen atoms in total. The fraction of sp³-hybridized carbons (Fsp3) is 0.688. The highest BCUT2D eigenvalue weighted by molar-refractivity contribution is 9.13. The Balaban J connectivity index is 1.83. The normalized spacial score (nSPS) is 18.1.